The molecule has 0 bridgehead atoms. The van der Waals surface area contributed by atoms with E-state index in [1.807, 2.05) is 0 Å². The highest BCUT2D eigenvalue weighted by Crippen LogP contribution is 2.23. The van der Waals surface area contributed by atoms with Gasteiger partial charge in [0.1, 0.15) is 0 Å². The van der Waals surface area contributed by atoms with E-state index in [1.165, 1.54) is 18.2 Å². The molecule has 3 rings (SSSR count). The van der Waals surface area contributed by atoms with Gasteiger partial charge in [-0.15, -0.1) is 0 Å². The minimum atomic E-state index is -0.235. The lowest BCUT2D eigenvalue weighted by atomic mass is 9.94. The van der Waals surface area contributed by atoms with Gasteiger partial charge >= 0.3 is 0 Å². The Morgan fingerprint density at radius 2 is 1.72 bits per heavy atom. The zero-order valence-corrected chi connectivity index (χ0v) is 14.0. The lowest BCUT2D eigenvalue weighted by Crippen LogP contribution is -2.13. The van der Waals surface area contributed by atoms with Crippen molar-refractivity contribution < 1.29 is 9.59 Å². The molecule has 1 aliphatic carbocycles. The number of benzene rings is 1. The third-order valence-corrected chi connectivity index (χ3v) is 4.14. The molecule has 25 heavy (non-hydrogen) atoms. The normalized spacial score (nSPS) is 13.8. The van der Waals surface area contributed by atoms with Crippen molar-refractivity contribution in [3.8, 4) is 0 Å². The first kappa shape index (κ1) is 16.9. The highest BCUT2D eigenvalue weighted by molar-refractivity contribution is 6.05. The van der Waals surface area contributed by atoms with Crippen LogP contribution in [-0.4, -0.2) is 16.8 Å². The van der Waals surface area contributed by atoms with E-state index in [9.17, 15) is 9.59 Å². The SMILES string of the molecule is O=C(C=C1CCCCC1)Nc1cccc(NC(=O)c2cccnc2)c1. The number of amides is 2. The van der Waals surface area contributed by atoms with Crippen molar-refractivity contribution in [1.29, 1.82) is 0 Å². The molecule has 2 aromatic rings. The summed E-state index contributed by atoms with van der Waals surface area (Å²) in [4.78, 5) is 28.3. The van der Waals surface area contributed by atoms with Crippen LogP contribution in [0.25, 0.3) is 0 Å². The monoisotopic (exact) mass is 335 g/mol. The van der Waals surface area contributed by atoms with Crippen LogP contribution in [0.3, 0.4) is 0 Å². The number of carbonyl (C=O) groups excluding carboxylic acids is 2. The number of carbonyl (C=O) groups is 2. The first-order valence-corrected chi connectivity index (χ1v) is 8.52. The van der Waals surface area contributed by atoms with Crippen LogP contribution in [0.2, 0.25) is 0 Å². The molecule has 2 N–H and O–H groups in total. The highest BCUT2D eigenvalue weighted by atomic mass is 16.2. The molecule has 0 unspecified atom stereocenters. The summed E-state index contributed by atoms with van der Waals surface area (Å²) in [5.74, 6) is -0.353. The number of aromatic nitrogens is 1. The van der Waals surface area contributed by atoms with E-state index in [0.717, 1.165) is 25.7 Å². The molecule has 1 fully saturated rings. The molecule has 2 amide bonds. The van der Waals surface area contributed by atoms with Gasteiger partial charge in [-0.3, -0.25) is 14.6 Å². The average Bonchev–Trinajstić information content (AvgIpc) is 2.63. The molecule has 1 saturated carbocycles. The predicted molar refractivity (Wildman–Crippen MR) is 98.4 cm³/mol. The quantitative estimate of drug-likeness (QED) is 0.824. The molecule has 0 atom stereocenters. The molecule has 5 nitrogen and oxygen atoms in total. The summed E-state index contributed by atoms with van der Waals surface area (Å²) in [7, 11) is 0. The van der Waals surface area contributed by atoms with Crippen molar-refractivity contribution >= 4 is 23.2 Å². The zero-order valence-electron chi connectivity index (χ0n) is 14.0. The fourth-order valence-corrected chi connectivity index (χ4v) is 2.89. The first-order valence-electron chi connectivity index (χ1n) is 8.52. The lowest BCUT2D eigenvalue weighted by Gasteiger charge is -2.13. The van der Waals surface area contributed by atoms with Crippen LogP contribution in [0.4, 0.5) is 11.4 Å². The van der Waals surface area contributed by atoms with Crippen molar-refractivity contribution in [1.82, 2.24) is 4.98 Å². The molecule has 128 valence electrons. The smallest absolute Gasteiger partial charge is 0.257 e. The summed E-state index contributed by atoms with van der Waals surface area (Å²) in [5.41, 5.74) is 2.97. The van der Waals surface area contributed by atoms with E-state index in [-0.39, 0.29) is 11.8 Å². The maximum Gasteiger partial charge on any atom is 0.257 e. The molecule has 5 heteroatoms. The van der Waals surface area contributed by atoms with E-state index < -0.39 is 0 Å². The van der Waals surface area contributed by atoms with Gasteiger partial charge in [-0.1, -0.05) is 18.1 Å². The second kappa shape index (κ2) is 8.24. The fourth-order valence-electron chi connectivity index (χ4n) is 2.89. The van der Waals surface area contributed by atoms with Crippen LogP contribution in [0.15, 0.2) is 60.4 Å². The van der Waals surface area contributed by atoms with Gasteiger partial charge in [-0.2, -0.15) is 0 Å². The van der Waals surface area contributed by atoms with E-state index in [4.69, 9.17) is 0 Å². The number of anilines is 2. The Balaban J connectivity index is 1.63. The first-order chi connectivity index (χ1) is 12.2. The molecular formula is C20H21N3O2. The number of allylic oxidation sites excluding steroid dienone is 1. The molecular weight excluding hydrogens is 314 g/mol. The van der Waals surface area contributed by atoms with E-state index in [1.54, 1.807) is 48.7 Å². The van der Waals surface area contributed by atoms with Crippen molar-refractivity contribution in [3.63, 3.8) is 0 Å². The minimum Gasteiger partial charge on any atom is -0.322 e. The molecule has 0 saturated heterocycles. The number of rotatable bonds is 4. The van der Waals surface area contributed by atoms with E-state index in [2.05, 4.69) is 15.6 Å². The van der Waals surface area contributed by atoms with E-state index >= 15 is 0 Å². The highest BCUT2D eigenvalue weighted by Gasteiger charge is 2.09. The average molecular weight is 335 g/mol. The van der Waals surface area contributed by atoms with Crippen LogP contribution < -0.4 is 10.6 Å². The second-order valence-corrected chi connectivity index (χ2v) is 6.13. The van der Waals surface area contributed by atoms with Crippen LogP contribution in [0.5, 0.6) is 0 Å². The molecule has 1 heterocycles. The Morgan fingerprint density at radius 3 is 2.44 bits per heavy atom. The number of hydrogen-bond donors (Lipinski definition) is 2. The number of nitrogens with one attached hydrogen (secondary N) is 2. The van der Waals surface area contributed by atoms with Crippen LogP contribution in [-0.2, 0) is 4.79 Å². The Kier molecular flexibility index (Phi) is 5.57. The third-order valence-electron chi connectivity index (χ3n) is 4.14. The summed E-state index contributed by atoms with van der Waals surface area (Å²) in [5, 5.41) is 5.67. The van der Waals surface area contributed by atoms with Gasteiger partial charge in [0.25, 0.3) is 5.91 Å². The lowest BCUT2D eigenvalue weighted by molar-refractivity contribution is -0.112. The topological polar surface area (TPSA) is 71.1 Å². The minimum absolute atomic E-state index is 0.118. The second-order valence-electron chi connectivity index (χ2n) is 6.13. The summed E-state index contributed by atoms with van der Waals surface area (Å²) in [6.45, 7) is 0. The van der Waals surface area contributed by atoms with Crippen molar-refractivity contribution in [2.45, 2.75) is 32.1 Å². The summed E-state index contributed by atoms with van der Waals surface area (Å²) >= 11 is 0. The van der Waals surface area contributed by atoms with Gasteiger partial charge in [-0.25, -0.2) is 0 Å². The van der Waals surface area contributed by atoms with Crippen LogP contribution in [0.1, 0.15) is 42.5 Å². The van der Waals surface area contributed by atoms with Crippen LogP contribution >= 0.6 is 0 Å². The summed E-state index contributed by atoms with van der Waals surface area (Å²) in [6.07, 6.45) is 10.4. The standard InChI is InChI=1S/C20H21N3O2/c24-19(12-15-6-2-1-3-7-15)22-17-9-4-10-18(13-17)23-20(25)16-8-5-11-21-14-16/h4-5,8-14H,1-3,6-7H2,(H,22,24)(H,23,25). The Morgan fingerprint density at radius 1 is 0.960 bits per heavy atom. The van der Waals surface area contributed by atoms with Crippen LogP contribution in [0, 0.1) is 0 Å². The van der Waals surface area contributed by atoms with E-state index in [0.29, 0.717) is 16.9 Å². The van der Waals surface area contributed by atoms with Gasteiger partial charge in [0.05, 0.1) is 5.56 Å². The number of pyridine rings is 1. The molecule has 0 radical (unpaired) electrons. The number of nitrogens with zero attached hydrogens (tertiary/aromatic N) is 1. The molecule has 0 aliphatic heterocycles. The zero-order chi connectivity index (χ0) is 17.5. The van der Waals surface area contributed by atoms with Gasteiger partial charge in [0, 0.05) is 29.8 Å². The Bertz CT molecular complexity index is 777. The Hall–Kier alpha value is -2.95. The van der Waals surface area contributed by atoms with Gasteiger partial charge < -0.3 is 10.6 Å². The fraction of sp³-hybridized carbons (Fsp3) is 0.250. The molecule has 1 aromatic heterocycles. The van der Waals surface area contributed by atoms with Crippen molar-refractivity contribution in [2.75, 3.05) is 10.6 Å². The maximum absolute atomic E-state index is 12.2. The summed E-state index contributed by atoms with van der Waals surface area (Å²) < 4.78 is 0. The Labute approximate surface area is 147 Å². The third kappa shape index (κ3) is 5.01. The van der Waals surface area contributed by atoms with Gasteiger partial charge in [0.15, 0.2) is 0 Å². The van der Waals surface area contributed by atoms with Crippen molar-refractivity contribution in [3.05, 3.63) is 66.0 Å². The predicted octanol–water partition coefficient (Wildman–Crippen LogP) is 4.16. The summed E-state index contributed by atoms with van der Waals surface area (Å²) in [6, 6.07) is 10.5. The van der Waals surface area contributed by atoms with Crippen molar-refractivity contribution in [2.24, 2.45) is 0 Å². The largest absolute Gasteiger partial charge is 0.322 e. The van der Waals surface area contributed by atoms with Gasteiger partial charge in [0.2, 0.25) is 5.91 Å². The number of hydrogen-bond acceptors (Lipinski definition) is 3. The molecule has 0 spiro atoms. The maximum atomic E-state index is 12.2. The molecule has 1 aliphatic rings. The molecule has 1 aromatic carbocycles. The van der Waals surface area contributed by atoms with Gasteiger partial charge in [-0.05, 0) is 56.0 Å².